The Morgan fingerprint density at radius 1 is 0.970 bits per heavy atom. The van der Waals surface area contributed by atoms with Gasteiger partial charge in [0, 0.05) is 13.1 Å². The Hall–Kier alpha value is -2.00. The molecular weight excluding hydrogens is 456 g/mol. The van der Waals surface area contributed by atoms with Crippen molar-refractivity contribution in [2.24, 2.45) is 0 Å². The van der Waals surface area contributed by atoms with Crippen molar-refractivity contribution in [3.8, 4) is 0 Å². The molecular formula is C25H32N2O4S2. The molecule has 0 spiro atoms. The zero-order valence-corrected chi connectivity index (χ0v) is 20.8. The van der Waals surface area contributed by atoms with Crippen molar-refractivity contribution < 1.29 is 12.6 Å². The van der Waals surface area contributed by atoms with E-state index in [-0.39, 0.29) is 16.4 Å². The zero-order chi connectivity index (χ0) is 23.3. The summed E-state index contributed by atoms with van der Waals surface area (Å²) in [6.07, 6.45) is 6.39. The topological polar surface area (TPSA) is 68.6 Å². The standard InChI is InChI=1S/C25H32N2O4S2/c1-20-8-11-22(12-9-20)33(29,30)31-18-6-7-21-10-13-23-24(19-21)32-25(28)27(23)17-16-26-14-4-2-3-5-15-26/h8-13,19H,2-7,14-18H2,1H3. The number of likely N-dealkylation sites (tertiary alicyclic amines) is 1. The average Bonchev–Trinajstić information content (AvgIpc) is 2.94. The molecule has 2 aromatic carbocycles. The van der Waals surface area contributed by atoms with E-state index in [4.69, 9.17) is 4.18 Å². The van der Waals surface area contributed by atoms with Gasteiger partial charge in [-0.25, -0.2) is 0 Å². The van der Waals surface area contributed by atoms with Crippen molar-refractivity contribution >= 4 is 31.7 Å². The summed E-state index contributed by atoms with van der Waals surface area (Å²) >= 11 is 1.29. The lowest BCUT2D eigenvalue weighted by molar-refractivity contribution is 0.274. The van der Waals surface area contributed by atoms with Crippen LogP contribution in [0, 0.1) is 6.92 Å². The lowest BCUT2D eigenvalue weighted by Crippen LogP contribution is -2.30. The Labute approximate surface area is 199 Å². The molecule has 3 aromatic rings. The lowest BCUT2D eigenvalue weighted by Gasteiger charge is -2.19. The summed E-state index contributed by atoms with van der Waals surface area (Å²) in [5.74, 6) is 0. The molecule has 0 unspecified atom stereocenters. The molecule has 0 aliphatic carbocycles. The van der Waals surface area contributed by atoms with E-state index >= 15 is 0 Å². The predicted octanol–water partition coefficient (Wildman–Crippen LogP) is 4.59. The van der Waals surface area contributed by atoms with E-state index in [9.17, 15) is 13.2 Å². The van der Waals surface area contributed by atoms with E-state index in [0.29, 0.717) is 12.8 Å². The van der Waals surface area contributed by atoms with E-state index in [1.807, 2.05) is 23.6 Å². The van der Waals surface area contributed by atoms with Crippen molar-refractivity contribution in [2.45, 2.75) is 56.9 Å². The number of rotatable bonds is 9. The Morgan fingerprint density at radius 3 is 2.42 bits per heavy atom. The smallest absolute Gasteiger partial charge is 0.302 e. The SMILES string of the molecule is Cc1ccc(S(=O)(=O)OCCCc2ccc3c(c2)sc(=O)n3CCN2CCCCCC2)cc1. The average molecular weight is 489 g/mol. The highest BCUT2D eigenvalue weighted by atomic mass is 32.2. The number of hydrogen-bond acceptors (Lipinski definition) is 6. The minimum Gasteiger partial charge on any atom is -0.302 e. The number of fused-ring (bicyclic) bond motifs is 1. The molecule has 0 radical (unpaired) electrons. The van der Waals surface area contributed by atoms with Crippen LogP contribution in [0.25, 0.3) is 10.2 Å². The number of benzene rings is 2. The van der Waals surface area contributed by atoms with Gasteiger partial charge in [0.15, 0.2) is 0 Å². The molecule has 1 aliphatic heterocycles. The number of aromatic nitrogens is 1. The minimum atomic E-state index is -3.73. The highest BCUT2D eigenvalue weighted by Crippen LogP contribution is 2.21. The molecule has 6 nitrogen and oxygen atoms in total. The maximum atomic E-state index is 12.6. The van der Waals surface area contributed by atoms with Crippen LogP contribution in [0.5, 0.6) is 0 Å². The van der Waals surface area contributed by atoms with Gasteiger partial charge in [-0.15, -0.1) is 0 Å². The van der Waals surface area contributed by atoms with Gasteiger partial charge < -0.3 is 4.90 Å². The second-order valence-corrected chi connectivity index (χ2v) is 11.4. The van der Waals surface area contributed by atoms with Crippen molar-refractivity contribution in [2.75, 3.05) is 26.2 Å². The summed E-state index contributed by atoms with van der Waals surface area (Å²) < 4.78 is 32.7. The third kappa shape index (κ3) is 6.32. The fraction of sp³-hybridized carbons (Fsp3) is 0.480. The summed E-state index contributed by atoms with van der Waals surface area (Å²) in [6, 6.07) is 12.8. The third-order valence-corrected chi connectivity index (χ3v) is 8.50. The molecule has 0 amide bonds. The first-order chi connectivity index (χ1) is 15.9. The number of aryl methyl sites for hydroxylation is 2. The first-order valence-corrected chi connectivity index (χ1v) is 14.0. The van der Waals surface area contributed by atoms with Gasteiger partial charge in [0.25, 0.3) is 10.1 Å². The van der Waals surface area contributed by atoms with Gasteiger partial charge in [0.2, 0.25) is 0 Å². The number of thiazole rings is 1. The van der Waals surface area contributed by atoms with Crippen LogP contribution in [-0.4, -0.2) is 44.1 Å². The van der Waals surface area contributed by atoms with Gasteiger partial charge in [-0.1, -0.05) is 47.9 Å². The van der Waals surface area contributed by atoms with Crippen LogP contribution in [0.4, 0.5) is 0 Å². The fourth-order valence-electron chi connectivity index (χ4n) is 4.30. The molecule has 1 aromatic heterocycles. The van der Waals surface area contributed by atoms with Gasteiger partial charge in [0.1, 0.15) is 0 Å². The second-order valence-electron chi connectivity index (χ2n) is 8.77. The quantitative estimate of drug-likeness (QED) is 0.326. The highest BCUT2D eigenvalue weighted by Gasteiger charge is 2.15. The molecule has 0 bridgehead atoms. The maximum absolute atomic E-state index is 12.6. The Balaban J connectivity index is 1.33. The van der Waals surface area contributed by atoms with E-state index in [1.165, 1.54) is 37.0 Å². The zero-order valence-electron chi connectivity index (χ0n) is 19.2. The molecule has 2 heterocycles. The lowest BCUT2D eigenvalue weighted by atomic mass is 10.1. The fourth-order valence-corrected chi connectivity index (χ4v) is 6.22. The molecule has 33 heavy (non-hydrogen) atoms. The first-order valence-electron chi connectivity index (χ1n) is 11.7. The number of nitrogens with zero attached hydrogens (tertiary/aromatic N) is 2. The summed E-state index contributed by atoms with van der Waals surface area (Å²) in [5, 5.41) is 0. The van der Waals surface area contributed by atoms with Crippen molar-refractivity contribution in [1.82, 2.24) is 9.47 Å². The monoisotopic (exact) mass is 488 g/mol. The van der Waals surface area contributed by atoms with Crippen LogP contribution in [0.2, 0.25) is 0 Å². The summed E-state index contributed by atoms with van der Waals surface area (Å²) in [7, 11) is -3.73. The summed E-state index contributed by atoms with van der Waals surface area (Å²) in [6.45, 7) is 5.94. The van der Waals surface area contributed by atoms with Crippen LogP contribution in [-0.2, 0) is 27.3 Å². The molecule has 1 fully saturated rings. The van der Waals surface area contributed by atoms with Crippen LogP contribution in [0.1, 0.15) is 43.2 Å². The molecule has 0 N–H and O–H groups in total. The second kappa shape index (κ2) is 11.0. The van der Waals surface area contributed by atoms with Gasteiger partial charge in [-0.2, -0.15) is 8.42 Å². The molecule has 1 aliphatic rings. The Morgan fingerprint density at radius 2 is 1.70 bits per heavy atom. The van der Waals surface area contributed by atoms with Gasteiger partial charge in [-0.05, 0) is 75.5 Å². The molecule has 0 atom stereocenters. The highest BCUT2D eigenvalue weighted by molar-refractivity contribution is 7.86. The van der Waals surface area contributed by atoms with Crippen molar-refractivity contribution in [3.63, 3.8) is 0 Å². The summed E-state index contributed by atoms with van der Waals surface area (Å²) in [4.78, 5) is 15.3. The normalized spacial score (nSPS) is 15.7. The molecule has 4 rings (SSSR count). The van der Waals surface area contributed by atoms with Crippen molar-refractivity contribution in [1.29, 1.82) is 0 Å². The van der Waals surface area contributed by atoms with Crippen LogP contribution < -0.4 is 4.87 Å². The molecule has 178 valence electrons. The van der Waals surface area contributed by atoms with Crippen LogP contribution in [0.15, 0.2) is 52.2 Å². The first kappa shape index (κ1) is 24.1. The molecule has 0 saturated carbocycles. The molecule has 8 heteroatoms. The Bertz CT molecular complexity index is 1220. The van der Waals surface area contributed by atoms with Gasteiger partial charge in [-0.3, -0.25) is 13.5 Å². The van der Waals surface area contributed by atoms with Crippen LogP contribution in [0.3, 0.4) is 0 Å². The van der Waals surface area contributed by atoms with Gasteiger partial charge >= 0.3 is 4.87 Å². The van der Waals surface area contributed by atoms with Crippen LogP contribution >= 0.6 is 11.3 Å². The van der Waals surface area contributed by atoms with E-state index in [0.717, 1.165) is 47.5 Å². The summed E-state index contributed by atoms with van der Waals surface area (Å²) in [5.41, 5.74) is 3.07. The predicted molar refractivity (Wildman–Crippen MR) is 134 cm³/mol. The van der Waals surface area contributed by atoms with Crippen molar-refractivity contribution in [3.05, 3.63) is 63.3 Å². The third-order valence-electron chi connectivity index (χ3n) is 6.23. The van der Waals surface area contributed by atoms with Gasteiger partial charge in [0.05, 0.1) is 21.7 Å². The Kier molecular flexibility index (Phi) is 8.01. The largest absolute Gasteiger partial charge is 0.308 e. The minimum absolute atomic E-state index is 0.0875. The molecule has 1 saturated heterocycles. The maximum Gasteiger partial charge on any atom is 0.308 e. The van der Waals surface area contributed by atoms with E-state index in [1.54, 1.807) is 24.3 Å². The van der Waals surface area contributed by atoms with E-state index < -0.39 is 10.1 Å². The number of hydrogen-bond donors (Lipinski definition) is 0. The van der Waals surface area contributed by atoms with E-state index in [2.05, 4.69) is 11.0 Å².